The Bertz CT molecular complexity index is 1050. The summed E-state index contributed by atoms with van der Waals surface area (Å²) in [7, 11) is -1.58. The Labute approximate surface area is 142 Å². The number of fused-ring (bicyclic) bond motifs is 1. The van der Waals surface area contributed by atoms with Gasteiger partial charge in [-0.2, -0.15) is 10.2 Å². The number of nitrogen functional groups attached to an aromatic ring is 1. The van der Waals surface area contributed by atoms with E-state index in [0.29, 0.717) is 22.6 Å². The molecule has 0 aliphatic carbocycles. The van der Waals surface area contributed by atoms with Gasteiger partial charge in [0.2, 0.25) is 5.89 Å². The lowest BCUT2D eigenvalue weighted by Crippen LogP contribution is -2.29. The third-order valence-corrected chi connectivity index (χ3v) is 3.99. The van der Waals surface area contributed by atoms with Crippen LogP contribution in [-0.4, -0.2) is 32.3 Å². The smallest absolute Gasteiger partial charge is 0.445 e. The molecule has 4 rings (SSSR count). The van der Waals surface area contributed by atoms with E-state index >= 15 is 0 Å². The van der Waals surface area contributed by atoms with Crippen LogP contribution in [0.3, 0.4) is 0 Å². The van der Waals surface area contributed by atoms with E-state index in [2.05, 4.69) is 15.2 Å². The second kappa shape index (κ2) is 6.01. The monoisotopic (exact) mass is 332 g/mol. The zero-order chi connectivity index (χ0) is 17.4. The van der Waals surface area contributed by atoms with E-state index in [1.807, 2.05) is 18.2 Å². The fraction of sp³-hybridized carbons (Fsp3) is 0. The molecule has 0 saturated heterocycles. The molecule has 0 spiro atoms. The molecule has 0 bridgehead atoms. The van der Waals surface area contributed by atoms with Crippen LogP contribution in [0.25, 0.3) is 33.5 Å². The van der Waals surface area contributed by atoms with Gasteiger partial charge in [-0.25, -0.2) is 4.98 Å². The molecule has 0 amide bonds. The van der Waals surface area contributed by atoms with Gasteiger partial charge in [-0.1, -0.05) is 18.2 Å². The Kier molecular flexibility index (Phi) is 3.68. The van der Waals surface area contributed by atoms with E-state index in [1.54, 1.807) is 24.4 Å². The van der Waals surface area contributed by atoms with Crippen LogP contribution in [0, 0.1) is 0 Å². The minimum absolute atomic E-state index is 0.365. The van der Waals surface area contributed by atoms with Crippen molar-refractivity contribution < 1.29 is 14.5 Å². The number of hydrogen-bond acceptors (Lipinski definition) is 7. The van der Waals surface area contributed by atoms with Crippen molar-refractivity contribution in [1.29, 1.82) is 0 Å². The highest BCUT2D eigenvalue weighted by Crippen LogP contribution is 2.32. The second-order valence-corrected chi connectivity index (χ2v) is 5.55. The fourth-order valence-corrected chi connectivity index (χ4v) is 2.75. The molecular formula is C17H13BN4O3. The van der Waals surface area contributed by atoms with Crippen LogP contribution in [-0.2, 0) is 0 Å². The summed E-state index contributed by atoms with van der Waals surface area (Å²) in [5.74, 6) is 0.438. The van der Waals surface area contributed by atoms with Crippen molar-refractivity contribution in [2.24, 2.45) is 0 Å². The Balaban J connectivity index is 1.95. The van der Waals surface area contributed by atoms with Gasteiger partial charge in [-0.3, -0.25) is 0 Å². The molecule has 7 nitrogen and oxygen atoms in total. The van der Waals surface area contributed by atoms with Crippen molar-refractivity contribution >= 4 is 29.2 Å². The quantitative estimate of drug-likeness (QED) is 0.483. The zero-order valence-corrected chi connectivity index (χ0v) is 13.0. The topological polar surface area (TPSA) is 118 Å². The molecule has 0 saturated carbocycles. The largest absolute Gasteiger partial charge is 0.488 e. The predicted octanol–water partition coefficient (Wildman–Crippen LogP) is 1.21. The first-order valence-corrected chi connectivity index (χ1v) is 7.55. The number of hydrogen-bond donors (Lipinski definition) is 3. The summed E-state index contributed by atoms with van der Waals surface area (Å²) < 4.78 is 5.40. The van der Waals surface area contributed by atoms with E-state index in [9.17, 15) is 10.0 Å². The van der Waals surface area contributed by atoms with Crippen molar-refractivity contribution in [3.8, 4) is 22.6 Å². The summed E-state index contributed by atoms with van der Waals surface area (Å²) in [6.45, 7) is 0. The lowest BCUT2D eigenvalue weighted by atomic mass is 9.78. The third-order valence-electron chi connectivity index (χ3n) is 3.99. The highest BCUT2D eigenvalue weighted by Gasteiger charge is 2.17. The van der Waals surface area contributed by atoms with Crippen LogP contribution in [0.4, 0.5) is 5.69 Å². The van der Waals surface area contributed by atoms with Gasteiger partial charge in [-0.15, -0.1) is 0 Å². The summed E-state index contributed by atoms with van der Waals surface area (Å²) in [5.41, 5.74) is 9.75. The maximum Gasteiger partial charge on any atom is 0.488 e. The predicted molar refractivity (Wildman–Crippen MR) is 94.7 cm³/mol. The number of oxazole rings is 1. The number of benzene rings is 2. The van der Waals surface area contributed by atoms with Gasteiger partial charge in [0.25, 0.3) is 0 Å². The molecule has 2 aromatic heterocycles. The molecule has 0 fully saturated rings. The lowest BCUT2D eigenvalue weighted by molar-refractivity contribution is 0.426. The van der Waals surface area contributed by atoms with E-state index < -0.39 is 7.12 Å². The van der Waals surface area contributed by atoms with Crippen LogP contribution in [0.1, 0.15) is 0 Å². The first-order chi connectivity index (χ1) is 12.1. The molecule has 2 heterocycles. The maximum absolute atomic E-state index is 9.50. The van der Waals surface area contributed by atoms with Gasteiger partial charge in [-0.05, 0) is 34.8 Å². The normalized spacial score (nSPS) is 11.0. The number of anilines is 1. The van der Waals surface area contributed by atoms with Crippen LogP contribution in [0.5, 0.6) is 0 Å². The molecule has 2 aromatic carbocycles. The number of aromatic nitrogens is 3. The molecule has 25 heavy (non-hydrogen) atoms. The molecule has 0 unspecified atom stereocenters. The Morgan fingerprint density at radius 3 is 2.68 bits per heavy atom. The van der Waals surface area contributed by atoms with E-state index in [1.165, 1.54) is 12.5 Å². The van der Waals surface area contributed by atoms with Crippen LogP contribution < -0.4 is 11.2 Å². The molecular weight excluding hydrogens is 319 g/mol. The Morgan fingerprint density at radius 2 is 1.92 bits per heavy atom. The molecule has 122 valence electrons. The molecule has 4 N–H and O–H groups in total. The first-order valence-electron chi connectivity index (χ1n) is 7.55. The minimum atomic E-state index is -1.58. The highest BCUT2D eigenvalue weighted by molar-refractivity contribution is 6.58. The van der Waals surface area contributed by atoms with Crippen LogP contribution in [0.2, 0.25) is 0 Å². The molecule has 4 aromatic rings. The van der Waals surface area contributed by atoms with Crippen LogP contribution in [0.15, 0.2) is 59.5 Å². The first kappa shape index (κ1) is 15.3. The number of nitrogens with two attached hydrogens (primary N) is 1. The average molecular weight is 332 g/mol. The maximum atomic E-state index is 9.50. The van der Waals surface area contributed by atoms with Crippen molar-refractivity contribution in [3.05, 3.63) is 55.1 Å². The second-order valence-electron chi connectivity index (χ2n) is 5.55. The van der Waals surface area contributed by atoms with E-state index in [4.69, 9.17) is 10.2 Å². The average Bonchev–Trinajstić information content (AvgIpc) is 3.15. The van der Waals surface area contributed by atoms with Gasteiger partial charge >= 0.3 is 7.12 Å². The minimum Gasteiger partial charge on any atom is -0.445 e. The van der Waals surface area contributed by atoms with Crippen molar-refractivity contribution in [2.75, 3.05) is 5.73 Å². The van der Waals surface area contributed by atoms with Gasteiger partial charge in [0.15, 0.2) is 0 Å². The highest BCUT2D eigenvalue weighted by atomic mass is 16.4. The van der Waals surface area contributed by atoms with Crippen molar-refractivity contribution in [2.45, 2.75) is 0 Å². The SMILES string of the molecule is Nc1cnnc2cc(-c3cc(B(O)O)ccc3-c3ncco3)ccc12. The summed E-state index contributed by atoms with van der Waals surface area (Å²) in [4.78, 5) is 4.18. The standard InChI is InChI=1S/C17H13BN4O3/c19-15-9-21-22-16-7-10(1-3-13(15)16)14-8-11(18(23)24)2-4-12(14)17-20-5-6-25-17/h1-9,23-24H,(H2,19,22). The third kappa shape index (κ3) is 2.73. The van der Waals surface area contributed by atoms with Gasteiger partial charge < -0.3 is 20.2 Å². The molecule has 8 heteroatoms. The number of rotatable bonds is 3. The fourth-order valence-electron chi connectivity index (χ4n) is 2.75. The Hall–Kier alpha value is -3.23. The van der Waals surface area contributed by atoms with Gasteiger partial charge in [0, 0.05) is 10.9 Å². The molecule has 0 aliphatic rings. The van der Waals surface area contributed by atoms with E-state index in [-0.39, 0.29) is 0 Å². The van der Waals surface area contributed by atoms with Gasteiger partial charge in [0.05, 0.1) is 23.6 Å². The summed E-state index contributed by atoms with van der Waals surface area (Å²) in [5, 5.41) is 27.8. The van der Waals surface area contributed by atoms with E-state index in [0.717, 1.165) is 22.1 Å². The van der Waals surface area contributed by atoms with Gasteiger partial charge in [0.1, 0.15) is 6.26 Å². The lowest BCUT2D eigenvalue weighted by Gasteiger charge is -2.11. The van der Waals surface area contributed by atoms with Crippen molar-refractivity contribution in [1.82, 2.24) is 15.2 Å². The molecule has 0 aliphatic heterocycles. The summed E-state index contributed by atoms with van der Waals surface area (Å²) >= 11 is 0. The summed E-state index contributed by atoms with van der Waals surface area (Å²) in [6.07, 6.45) is 4.55. The Morgan fingerprint density at radius 1 is 1.04 bits per heavy atom. The molecule has 0 atom stereocenters. The zero-order valence-electron chi connectivity index (χ0n) is 13.0. The number of nitrogens with zero attached hydrogens (tertiary/aromatic N) is 3. The summed E-state index contributed by atoms with van der Waals surface area (Å²) in [6, 6.07) is 10.6. The van der Waals surface area contributed by atoms with Crippen LogP contribution >= 0.6 is 0 Å². The van der Waals surface area contributed by atoms with Crippen molar-refractivity contribution in [3.63, 3.8) is 0 Å². The molecule has 0 radical (unpaired) electrons.